The monoisotopic (exact) mass is 283 g/mol. The topological polar surface area (TPSA) is 53.1 Å². The number of hydrogen-bond donors (Lipinski definition) is 2. The number of hydrogen-bond acceptors (Lipinski definition) is 1. The molecule has 2 rings (SSSR count). The van der Waals surface area contributed by atoms with Crippen molar-refractivity contribution in [3.8, 4) is 0 Å². The summed E-state index contributed by atoms with van der Waals surface area (Å²) >= 11 is 11.8. The first kappa shape index (κ1) is 13.0. The average Bonchev–Trinajstić information content (AvgIpc) is 2.73. The maximum atomic E-state index is 10.7. The van der Waals surface area contributed by atoms with Gasteiger partial charge in [-0.2, -0.15) is 0 Å². The lowest BCUT2D eigenvalue weighted by molar-refractivity contribution is 0.0691. The van der Waals surface area contributed by atoms with E-state index in [1.54, 1.807) is 18.3 Å². The fourth-order valence-corrected chi connectivity index (χ4v) is 2.32. The number of rotatable bonds is 4. The number of aromatic nitrogens is 1. The number of carbonyl (C=O) groups is 1. The molecule has 0 aliphatic heterocycles. The van der Waals surface area contributed by atoms with Crippen LogP contribution in [0.15, 0.2) is 30.5 Å². The highest BCUT2D eigenvalue weighted by Gasteiger charge is 2.06. The van der Waals surface area contributed by atoms with E-state index < -0.39 is 5.97 Å². The maximum absolute atomic E-state index is 10.7. The van der Waals surface area contributed by atoms with Gasteiger partial charge < -0.3 is 10.1 Å². The van der Waals surface area contributed by atoms with E-state index in [2.05, 4.69) is 4.98 Å². The van der Waals surface area contributed by atoms with Gasteiger partial charge in [-0.15, -0.1) is 0 Å². The van der Waals surface area contributed by atoms with Crippen LogP contribution in [0.2, 0.25) is 10.0 Å². The van der Waals surface area contributed by atoms with Gasteiger partial charge in [0, 0.05) is 16.2 Å². The highest BCUT2D eigenvalue weighted by Crippen LogP contribution is 2.20. The molecule has 0 amide bonds. The average molecular weight is 284 g/mol. The van der Waals surface area contributed by atoms with Crippen LogP contribution in [0.3, 0.4) is 0 Å². The molecule has 1 aromatic heterocycles. The largest absolute Gasteiger partial charge is 0.477 e. The number of aromatic amines is 1. The molecule has 1 aromatic carbocycles. The lowest BCUT2D eigenvalue weighted by Gasteiger charge is -2.02. The van der Waals surface area contributed by atoms with Gasteiger partial charge in [0.25, 0.3) is 0 Å². The van der Waals surface area contributed by atoms with E-state index >= 15 is 0 Å². The van der Waals surface area contributed by atoms with E-state index in [0.29, 0.717) is 10.0 Å². The first-order valence-electron chi connectivity index (χ1n) is 5.40. The molecule has 0 bridgehead atoms. The minimum Gasteiger partial charge on any atom is -0.477 e. The highest BCUT2D eigenvalue weighted by molar-refractivity contribution is 6.34. The van der Waals surface area contributed by atoms with Crippen molar-refractivity contribution in [2.45, 2.75) is 12.8 Å². The Morgan fingerprint density at radius 3 is 2.22 bits per heavy atom. The van der Waals surface area contributed by atoms with Gasteiger partial charge in [0.2, 0.25) is 0 Å². The number of halogens is 2. The molecule has 0 saturated heterocycles. The van der Waals surface area contributed by atoms with Gasteiger partial charge in [0.15, 0.2) is 0 Å². The standard InChI is InChI=1S/C13H11Cl2NO2/c14-10-3-8(4-11(15)6-10)1-2-9-5-12(13(17)18)16-7-9/h3-7,16H,1-2H2,(H,17,18). The van der Waals surface area contributed by atoms with Gasteiger partial charge in [0.05, 0.1) is 0 Å². The molecule has 2 N–H and O–H groups in total. The molecule has 0 unspecified atom stereocenters. The Morgan fingerprint density at radius 2 is 1.67 bits per heavy atom. The van der Waals surface area contributed by atoms with Gasteiger partial charge in [-0.3, -0.25) is 0 Å². The van der Waals surface area contributed by atoms with E-state index in [4.69, 9.17) is 28.3 Å². The van der Waals surface area contributed by atoms with Crippen LogP contribution in [0, 0.1) is 0 Å². The number of carboxylic acid groups (broad SMARTS) is 1. The van der Waals surface area contributed by atoms with Crippen LogP contribution in [0.25, 0.3) is 0 Å². The smallest absolute Gasteiger partial charge is 0.352 e. The predicted octanol–water partition coefficient (Wildman–Crippen LogP) is 3.80. The first-order chi connectivity index (χ1) is 8.54. The number of carboxylic acids is 1. The fourth-order valence-electron chi connectivity index (χ4n) is 1.75. The molecule has 0 fully saturated rings. The Balaban J connectivity index is 2.04. The molecule has 0 saturated carbocycles. The zero-order valence-corrected chi connectivity index (χ0v) is 10.9. The van der Waals surface area contributed by atoms with Crippen LogP contribution < -0.4 is 0 Å². The van der Waals surface area contributed by atoms with Gasteiger partial charge >= 0.3 is 5.97 Å². The second-order valence-corrected chi connectivity index (χ2v) is 4.88. The third-order valence-corrected chi connectivity index (χ3v) is 3.03. The highest BCUT2D eigenvalue weighted by atomic mass is 35.5. The predicted molar refractivity (Wildman–Crippen MR) is 71.6 cm³/mol. The van der Waals surface area contributed by atoms with Gasteiger partial charge in [-0.05, 0) is 48.2 Å². The van der Waals surface area contributed by atoms with Crippen LogP contribution in [0.4, 0.5) is 0 Å². The molecule has 3 nitrogen and oxygen atoms in total. The quantitative estimate of drug-likeness (QED) is 0.897. The van der Waals surface area contributed by atoms with Crippen molar-refractivity contribution in [1.82, 2.24) is 4.98 Å². The molecule has 0 spiro atoms. The summed E-state index contributed by atoms with van der Waals surface area (Å²) in [4.78, 5) is 13.4. The summed E-state index contributed by atoms with van der Waals surface area (Å²) in [5, 5.41) is 10.0. The van der Waals surface area contributed by atoms with E-state index in [1.807, 2.05) is 12.1 Å². The van der Waals surface area contributed by atoms with Gasteiger partial charge in [-0.1, -0.05) is 23.2 Å². The van der Waals surface area contributed by atoms with E-state index in [9.17, 15) is 4.79 Å². The van der Waals surface area contributed by atoms with Gasteiger partial charge in [0.1, 0.15) is 5.69 Å². The van der Waals surface area contributed by atoms with Gasteiger partial charge in [-0.25, -0.2) is 4.79 Å². The molecular weight excluding hydrogens is 273 g/mol. The Kier molecular flexibility index (Phi) is 3.94. The molecular formula is C13H11Cl2NO2. The molecule has 0 radical (unpaired) electrons. The van der Waals surface area contributed by atoms with Crippen molar-refractivity contribution in [2.24, 2.45) is 0 Å². The van der Waals surface area contributed by atoms with E-state index in [-0.39, 0.29) is 5.69 Å². The molecule has 2 aromatic rings. The fraction of sp³-hybridized carbons (Fsp3) is 0.154. The van der Waals surface area contributed by atoms with Crippen molar-refractivity contribution in [3.63, 3.8) is 0 Å². The normalized spacial score (nSPS) is 10.6. The van der Waals surface area contributed by atoms with Crippen LogP contribution in [-0.2, 0) is 12.8 Å². The first-order valence-corrected chi connectivity index (χ1v) is 6.16. The minimum absolute atomic E-state index is 0.203. The third kappa shape index (κ3) is 3.28. The Hall–Kier alpha value is -1.45. The summed E-state index contributed by atoms with van der Waals surface area (Å²) in [6.45, 7) is 0. The number of benzene rings is 1. The molecule has 18 heavy (non-hydrogen) atoms. The zero-order valence-electron chi connectivity index (χ0n) is 9.41. The summed E-state index contributed by atoms with van der Waals surface area (Å²) in [6, 6.07) is 7.04. The van der Waals surface area contributed by atoms with Crippen LogP contribution in [-0.4, -0.2) is 16.1 Å². The van der Waals surface area contributed by atoms with Crippen molar-refractivity contribution in [2.75, 3.05) is 0 Å². The number of aromatic carboxylic acids is 1. The second kappa shape index (κ2) is 5.46. The SMILES string of the molecule is O=C(O)c1cc(CCc2cc(Cl)cc(Cl)c2)c[nH]1. The number of nitrogens with one attached hydrogen (secondary N) is 1. The third-order valence-electron chi connectivity index (χ3n) is 2.60. The second-order valence-electron chi connectivity index (χ2n) is 4.00. The summed E-state index contributed by atoms with van der Waals surface area (Å²) in [5.41, 5.74) is 2.18. The van der Waals surface area contributed by atoms with E-state index in [0.717, 1.165) is 24.0 Å². The summed E-state index contributed by atoms with van der Waals surface area (Å²) in [6.07, 6.45) is 3.20. The Bertz CT molecular complexity index is 558. The van der Waals surface area contributed by atoms with Crippen LogP contribution >= 0.6 is 23.2 Å². The number of aryl methyl sites for hydroxylation is 2. The lowest BCUT2D eigenvalue weighted by Crippen LogP contribution is -1.95. The van der Waals surface area contributed by atoms with E-state index in [1.165, 1.54) is 0 Å². The van der Waals surface area contributed by atoms with Crippen molar-refractivity contribution >= 4 is 29.2 Å². The Morgan fingerprint density at radius 1 is 1.06 bits per heavy atom. The number of H-pyrrole nitrogens is 1. The molecule has 94 valence electrons. The van der Waals surface area contributed by atoms with Crippen LogP contribution in [0.5, 0.6) is 0 Å². The molecule has 0 aliphatic rings. The molecule has 0 aliphatic carbocycles. The zero-order chi connectivity index (χ0) is 13.1. The summed E-state index contributed by atoms with van der Waals surface area (Å²) < 4.78 is 0. The minimum atomic E-state index is -0.952. The van der Waals surface area contributed by atoms with Crippen molar-refractivity contribution in [1.29, 1.82) is 0 Å². The Labute approximate surface area is 114 Å². The van der Waals surface area contributed by atoms with Crippen molar-refractivity contribution < 1.29 is 9.90 Å². The van der Waals surface area contributed by atoms with Crippen molar-refractivity contribution in [3.05, 3.63) is 57.3 Å². The summed E-state index contributed by atoms with van der Waals surface area (Å²) in [5.74, 6) is -0.952. The molecule has 1 heterocycles. The molecule has 5 heteroatoms. The summed E-state index contributed by atoms with van der Waals surface area (Å²) in [7, 11) is 0. The lowest BCUT2D eigenvalue weighted by atomic mass is 10.1. The maximum Gasteiger partial charge on any atom is 0.352 e. The van der Waals surface area contributed by atoms with Crippen LogP contribution in [0.1, 0.15) is 21.6 Å². The molecule has 0 atom stereocenters.